The lowest BCUT2D eigenvalue weighted by Crippen LogP contribution is -2.29. The van der Waals surface area contributed by atoms with Crippen LogP contribution in [0.2, 0.25) is 0 Å². The van der Waals surface area contributed by atoms with Gasteiger partial charge in [-0.2, -0.15) is 0 Å². The summed E-state index contributed by atoms with van der Waals surface area (Å²) in [4.78, 5) is 10.9. The quantitative estimate of drug-likeness (QED) is 0.584. The van der Waals surface area contributed by atoms with Crippen molar-refractivity contribution in [3.05, 3.63) is 11.6 Å². The van der Waals surface area contributed by atoms with Crippen LogP contribution in [0.1, 0.15) is 20.8 Å². The lowest BCUT2D eigenvalue weighted by molar-refractivity contribution is -0.116. The molecule has 0 fully saturated rings. The molecule has 0 radical (unpaired) electrons. The van der Waals surface area contributed by atoms with Gasteiger partial charge in [0.2, 0.25) is 5.91 Å². The highest BCUT2D eigenvalue weighted by Gasteiger charge is 1.97. The van der Waals surface area contributed by atoms with Crippen molar-refractivity contribution in [2.45, 2.75) is 26.9 Å². The van der Waals surface area contributed by atoms with Crippen LogP contribution in [0.5, 0.6) is 0 Å². The second kappa shape index (κ2) is 4.91. The van der Waals surface area contributed by atoms with Crippen LogP contribution in [-0.2, 0) is 4.79 Å². The maximum atomic E-state index is 10.9. The number of amides is 1. The van der Waals surface area contributed by atoms with Crippen molar-refractivity contribution >= 4 is 5.91 Å². The Labute approximate surface area is 67.1 Å². The van der Waals surface area contributed by atoms with Crippen LogP contribution in [0.15, 0.2) is 11.6 Å². The average molecular weight is 157 g/mol. The fourth-order valence-corrected chi connectivity index (χ4v) is 0.562. The molecule has 1 atom stereocenters. The summed E-state index contributed by atoms with van der Waals surface area (Å²) < 4.78 is 0. The number of aliphatic hydroxyl groups is 1. The molecule has 0 aromatic carbocycles. The number of rotatable bonds is 3. The molecule has 3 nitrogen and oxygen atoms in total. The van der Waals surface area contributed by atoms with Crippen molar-refractivity contribution in [2.75, 3.05) is 6.54 Å². The Hall–Kier alpha value is -0.830. The van der Waals surface area contributed by atoms with Gasteiger partial charge in [-0.1, -0.05) is 5.57 Å². The van der Waals surface area contributed by atoms with Gasteiger partial charge >= 0.3 is 0 Å². The Balaban J connectivity index is 3.63. The summed E-state index contributed by atoms with van der Waals surface area (Å²) in [6.07, 6.45) is 1.02. The highest BCUT2D eigenvalue weighted by Crippen LogP contribution is 1.87. The monoisotopic (exact) mass is 157 g/mol. The van der Waals surface area contributed by atoms with Crippen molar-refractivity contribution in [1.29, 1.82) is 0 Å². The highest BCUT2D eigenvalue weighted by atomic mass is 16.3. The number of aliphatic hydroxyl groups excluding tert-OH is 1. The molecule has 0 bridgehead atoms. The van der Waals surface area contributed by atoms with Gasteiger partial charge < -0.3 is 10.4 Å². The Kier molecular flexibility index (Phi) is 4.54. The lowest BCUT2D eigenvalue weighted by Gasteiger charge is -2.03. The SMILES string of the molecule is CC(C)=CC(=O)NC[C@H](C)O. The maximum Gasteiger partial charge on any atom is 0.244 e. The van der Waals surface area contributed by atoms with E-state index in [1.165, 1.54) is 6.08 Å². The second-order valence-corrected chi connectivity index (χ2v) is 2.82. The second-order valence-electron chi connectivity index (χ2n) is 2.82. The van der Waals surface area contributed by atoms with E-state index in [0.29, 0.717) is 6.54 Å². The third-order valence-corrected chi connectivity index (χ3v) is 0.991. The van der Waals surface area contributed by atoms with Crippen LogP contribution in [-0.4, -0.2) is 23.7 Å². The van der Waals surface area contributed by atoms with Crippen LogP contribution in [0.25, 0.3) is 0 Å². The van der Waals surface area contributed by atoms with Gasteiger partial charge in [0.15, 0.2) is 0 Å². The summed E-state index contributed by atoms with van der Waals surface area (Å²) >= 11 is 0. The van der Waals surface area contributed by atoms with Gasteiger partial charge in [-0.3, -0.25) is 4.79 Å². The zero-order valence-corrected chi connectivity index (χ0v) is 7.22. The van der Waals surface area contributed by atoms with Crippen LogP contribution >= 0.6 is 0 Å². The van der Waals surface area contributed by atoms with E-state index >= 15 is 0 Å². The van der Waals surface area contributed by atoms with Crippen LogP contribution in [0, 0.1) is 0 Å². The molecule has 0 aromatic heterocycles. The van der Waals surface area contributed by atoms with Crippen LogP contribution in [0.3, 0.4) is 0 Å². The number of nitrogens with one attached hydrogen (secondary N) is 1. The first-order valence-corrected chi connectivity index (χ1v) is 3.63. The minimum Gasteiger partial charge on any atom is -0.392 e. The first-order valence-electron chi connectivity index (χ1n) is 3.63. The predicted octanol–water partition coefficient (Wildman–Crippen LogP) is 0.450. The molecule has 0 heterocycles. The van der Waals surface area contributed by atoms with Crippen molar-refractivity contribution in [3.63, 3.8) is 0 Å². The van der Waals surface area contributed by atoms with E-state index in [1.54, 1.807) is 6.92 Å². The van der Waals surface area contributed by atoms with Gasteiger partial charge in [0.25, 0.3) is 0 Å². The molecular weight excluding hydrogens is 142 g/mol. The topological polar surface area (TPSA) is 49.3 Å². The summed E-state index contributed by atoms with van der Waals surface area (Å²) in [5.41, 5.74) is 0.952. The third-order valence-electron chi connectivity index (χ3n) is 0.991. The molecule has 0 spiro atoms. The van der Waals surface area contributed by atoms with Crippen molar-refractivity contribution in [1.82, 2.24) is 5.32 Å². The summed E-state index contributed by atoms with van der Waals surface area (Å²) in [6, 6.07) is 0. The first-order chi connectivity index (χ1) is 5.02. The molecule has 0 unspecified atom stereocenters. The van der Waals surface area contributed by atoms with E-state index in [-0.39, 0.29) is 5.91 Å². The molecule has 0 rings (SSSR count). The standard InChI is InChI=1S/C8H15NO2/c1-6(2)4-8(11)9-5-7(3)10/h4,7,10H,5H2,1-3H3,(H,9,11)/t7-/m0/s1. The smallest absolute Gasteiger partial charge is 0.244 e. The summed E-state index contributed by atoms with van der Waals surface area (Å²) in [5, 5.41) is 11.3. The Morgan fingerprint density at radius 3 is 2.55 bits per heavy atom. The van der Waals surface area contributed by atoms with Gasteiger partial charge in [0, 0.05) is 12.6 Å². The highest BCUT2D eigenvalue weighted by molar-refractivity contribution is 5.87. The fraction of sp³-hybridized carbons (Fsp3) is 0.625. The minimum atomic E-state index is -0.482. The molecule has 0 saturated carbocycles. The first kappa shape index (κ1) is 10.2. The maximum absolute atomic E-state index is 10.9. The summed E-state index contributed by atoms with van der Waals surface area (Å²) in [6.45, 7) is 5.63. The zero-order chi connectivity index (χ0) is 8.85. The molecular formula is C8H15NO2. The molecule has 64 valence electrons. The largest absolute Gasteiger partial charge is 0.392 e. The van der Waals surface area contributed by atoms with E-state index in [1.807, 2.05) is 13.8 Å². The molecule has 0 aromatic rings. The molecule has 2 N–H and O–H groups in total. The predicted molar refractivity (Wildman–Crippen MR) is 44.1 cm³/mol. The molecule has 0 saturated heterocycles. The van der Waals surface area contributed by atoms with E-state index < -0.39 is 6.10 Å². The van der Waals surface area contributed by atoms with Crippen LogP contribution < -0.4 is 5.32 Å². The molecule has 11 heavy (non-hydrogen) atoms. The molecule has 0 aliphatic heterocycles. The molecule has 3 heteroatoms. The molecule has 0 aliphatic rings. The number of hydrogen-bond donors (Lipinski definition) is 2. The number of hydrogen-bond acceptors (Lipinski definition) is 2. The van der Waals surface area contributed by atoms with E-state index in [4.69, 9.17) is 5.11 Å². The van der Waals surface area contributed by atoms with Crippen LogP contribution in [0.4, 0.5) is 0 Å². The number of allylic oxidation sites excluding steroid dienone is 1. The van der Waals surface area contributed by atoms with Gasteiger partial charge in [-0.15, -0.1) is 0 Å². The Bertz CT molecular complexity index is 157. The fourth-order valence-electron chi connectivity index (χ4n) is 0.562. The molecule has 0 aliphatic carbocycles. The zero-order valence-electron chi connectivity index (χ0n) is 7.22. The minimum absolute atomic E-state index is 0.147. The van der Waals surface area contributed by atoms with E-state index in [9.17, 15) is 4.79 Å². The van der Waals surface area contributed by atoms with E-state index in [2.05, 4.69) is 5.32 Å². The van der Waals surface area contributed by atoms with Crippen molar-refractivity contribution in [2.24, 2.45) is 0 Å². The van der Waals surface area contributed by atoms with Gasteiger partial charge in [0.1, 0.15) is 0 Å². The number of carbonyl (C=O) groups excluding carboxylic acids is 1. The Morgan fingerprint density at radius 1 is 1.64 bits per heavy atom. The Morgan fingerprint density at radius 2 is 2.18 bits per heavy atom. The van der Waals surface area contributed by atoms with Gasteiger partial charge in [-0.05, 0) is 20.8 Å². The average Bonchev–Trinajstić information content (AvgIpc) is 1.82. The summed E-state index contributed by atoms with van der Waals surface area (Å²) in [5.74, 6) is -0.147. The number of carbonyl (C=O) groups is 1. The lowest BCUT2D eigenvalue weighted by atomic mass is 10.3. The van der Waals surface area contributed by atoms with Gasteiger partial charge in [0.05, 0.1) is 6.10 Å². The van der Waals surface area contributed by atoms with E-state index in [0.717, 1.165) is 5.57 Å². The third kappa shape index (κ3) is 7.06. The van der Waals surface area contributed by atoms with Gasteiger partial charge in [-0.25, -0.2) is 0 Å². The van der Waals surface area contributed by atoms with Crippen molar-refractivity contribution < 1.29 is 9.90 Å². The normalized spacial score (nSPS) is 12.0. The summed E-state index contributed by atoms with van der Waals surface area (Å²) in [7, 11) is 0. The molecule has 1 amide bonds. The van der Waals surface area contributed by atoms with Crippen molar-refractivity contribution in [3.8, 4) is 0 Å².